The molecule has 1 aliphatic rings. The molecule has 2 unspecified atom stereocenters. The third-order valence-corrected chi connectivity index (χ3v) is 9.07. The molecule has 2 atom stereocenters. The van der Waals surface area contributed by atoms with Crippen LogP contribution in [0, 0.1) is 34.5 Å². The molecule has 0 N–H and O–H groups in total. The Hall–Kier alpha value is -1.04. The van der Waals surface area contributed by atoms with Crippen molar-refractivity contribution < 1.29 is 4.53 Å². The molecule has 6 heteroatoms. The molecule has 0 radical (unpaired) electrons. The van der Waals surface area contributed by atoms with Gasteiger partial charge in [0, 0.05) is 0 Å². The quantitative estimate of drug-likeness (QED) is 0.436. The summed E-state index contributed by atoms with van der Waals surface area (Å²) in [6, 6.07) is 4.03. The van der Waals surface area contributed by atoms with Crippen LogP contribution in [-0.4, -0.2) is 19.4 Å². The van der Waals surface area contributed by atoms with Gasteiger partial charge < -0.3 is 4.53 Å². The van der Waals surface area contributed by atoms with Crippen molar-refractivity contribution >= 4 is 25.6 Å². The molecule has 1 aliphatic carbocycles. The van der Waals surface area contributed by atoms with Crippen molar-refractivity contribution in [1.82, 2.24) is 0 Å². The maximum Gasteiger partial charge on any atom is 0.286 e. The van der Waals surface area contributed by atoms with Crippen LogP contribution in [0.3, 0.4) is 0 Å². The number of alkyl halides is 1. The fourth-order valence-corrected chi connectivity index (χ4v) is 2.99. The van der Waals surface area contributed by atoms with Crippen molar-refractivity contribution in [1.29, 1.82) is 10.5 Å². The molecule has 0 saturated heterocycles. The van der Waals surface area contributed by atoms with E-state index in [9.17, 15) is 0 Å². The van der Waals surface area contributed by atoms with E-state index in [0.717, 1.165) is 18.6 Å². The maximum absolute atomic E-state index is 8.86. The van der Waals surface area contributed by atoms with Crippen molar-refractivity contribution in [3.05, 3.63) is 0 Å². The second-order valence-corrected chi connectivity index (χ2v) is 12.5. The predicted molar refractivity (Wildman–Crippen MR) is 87.4 cm³/mol. The normalized spacial score (nSPS) is 24.9. The number of nitriles is 2. The highest BCUT2D eigenvalue weighted by Crippen LogP contribution is 2.38. The smallest absolute Gasteiger partial charge is 0.286 e. The SMILES string of the molecule is CC(C)(C)[Si](C)(C)O/N=C1\CC(CC(C#N)C#N)CC1Cl. The molecule has 0 aromatic carbocycles. The molecule has 0 aromatic heterocycles. The Morgan fingerprint density at radius 3 is 2.43 bits per heavy atom. The van der Waals surface area contributed by atoms with Crippen LogP contribution in [0.1, 0.15) is 40.0 Å². The van der Waals surface area contributed by atoms with Crippen LogP contribution in [0.15, 0.2) is 5.16 Å². The Morgan fingerprint density at radius 2 is 1.95 bits per heavy atom. The number of halogens is 1. The molecular weight excluding hydrogens is 302 g/mol. The number of rotatable bonds is 4. The minimum atomic E-state index is -1.92. The van der Waals surface area contributed by atoms with Crippen molar-refractivity contribution in [2.24, 2.45) is 17.0 Å². The topological polar surface area (TPSA) is 69.2 Å². The van der Waals surface area contributed by atoms with E-state index in [1.807, 2.05) is 12.1 Å². The summed E-state index contributed by atoms with van der Waals surface area (Å²) < 4.78 is 5.87. The highest BCUT2D eigenvalue weighted by molar-refractivity contribution is 6.74. The van der Waals surface area contributed by atoms with Crippen LogP contribution in [0.5, 0.6) is 0 Å². The lowest BCUT2D eigenvalue weighted by Crippen LogP contribution is -2.39. The molecular formula is C15H24ClN3OSi. The van der Waals surface area contributed by atoms with E-state index >= 15 is 0 Å². The van der Waals surface area contributed by atoms with Gasteiger partial charge >= 0.3 is 0 Å². The largest absolute Gasteiger partial charge is 0.455 e. The van der Waals surface area contributed by atoms with Gasteiger partial charge in [-0.3, -0.25) is 0 Å². The van der Waals surface area contributed by atoms with Crippen molar-refractivity contribution in [3.63, 3.8) is 0 Å². The highest BCUT2D eigenvalue weighted by Gasteiger charge is 2.40. The van der Waals surface area contributed by atoms with Gasteiger partial charge in [-0.2, -0.15) is 10.5 Å². The molecule has 0 aromatic rings. The fourth-order valence-electron chi connectivity index (χ4n) is 1.99. The Morgan fingerprint density at radius 1 is 1.38 bits per heavy atom. The molecule has 0 spiro atoms. The van der Waals surface area contributed by atoms with E-state index in [4.69, 9.17) is 26.7 Å². The first kappa shape index (κ1) is 18.0. The van der Waals surface area contributed by atoms with Gasteiger partial charge in [0.1, 0.15) is 5.92 Å². The van der Waals surface area contributed by atoms with Crippen LogP contribution < -0.4 is 0 Å². The summed E-state index contributed by atoms with van der Waals surface area (Å²) in [5, 5.41) is 22.0. The minimum absolute atomic E-state index is 0.101. The molecule has 4 nitrogen and oxygen atoms in total. The number of nitrogens with zero attached hydrogens (tertiary/aromatic N) is 3. The summed E-state index contributed by atoms with van der Waals surface area (Å²) in [6.07, 6.45) is 2.05. The van der Waals surface area contributed by atoms with Gasteiger partial charge in [-0.05, 0) is 43.3 Å². The van der Waals surface area contributed by atoms with E-state index in [0.29, 0.717) is 6.42 Å². The summed E-state index contributed by atoms with van der Waals surface area (Å²) in [7, 11) is -1.92. The van der Waals surface area contributed by atoms with Gasteiger partial charge in [0.05, 0.1) is 23.2 Å². The van der Waals surface area contributed by atoms with Crippen LogP contribution in [0.2, 0.25) is 18.1 Å². The van der Waals surface area contributed by atoms with Gasteiger partial charge in [-0.15, -0.1) is 16.8 Å². The summed E-state index contributed by atoms with van der Waals surface area (Å²) in [5.74, 6) is -0.307. The second-order valence-electron chi connectivity index (χ2n) is 7.25. The number of oxime groups is 1. The van der Waals surface area contributed by atoms with E-state index < -0.39 is 14.2 Å². The Labute approximate surface area is 133 Å². The molecule has 0 aliphatic heterocycles. The molecule has 0 amide bonds. The second kappa shape index (κ2) is 6.81. The van der Waals surface area contributed by atoms with E-state index in [-0.39, 0.29) is 16.3 Å². The average Bonchev–Trinajstić information content (AvgIpc) is 2.72. The zero-order valence-electron chi connectivity index (χ0n) is 13.5. The zero-order chi connectivity index (χ0) is 16.3. The third kappa shape index (κ3) is 4.73. The average molecular weight is 326 g/mol. The molecule has 0 bridgehead atoms. The first-order chi connectivity index (χ1) is 9.60. The Balaban J connectivity index is 2.68. The molecule has 1 rings (SSSR count). The van der Waals surface area contributed by atoms with Crippen molar-refractivity contribution in [2.45, 2.75) is 63.5 Å². The first-order valence-electron chi connectivity index (χ1n) is 7.29. The lowest BCUT2D eigenvalue weighted by molar-refractivity contribution is 0.306. The number of hydrogen-bond acceptors (Lipinski definition) is 4. The maximum atomic E-state index is 8.86. The van der Waals surface area contributed by atoms with Crippen LogP contribution in [0.4, 0.5) is 0 Å². The van der Waals surface area contributed by atoms with Crippen molar-refractivity contribution in [3.8, 4) is 12.1 Å². The summed E-state index contributed by atoms with van der Waals surface area (Å²) in [5.41, 5.74) is 0.862. The van der Waals surface area contributed by atoms with Gasteiger partial charge in [-0.1, -0.05) is 20.8 Å². The van der Waals surface area contributed by atoms with Gasteiger partial charge in [0.2, 0.25) is 0 Å². The highest BCUT2D eigenvalue weighted by atomic mass is 35.5. The van der Waals surface area contributed by atoms with E-state index in [1.165, 1.54) is 0 Å². The minimum Gasteiger partial charge on any atom is -0.455 e. The first-order valence-corrected chi connectivity index (χ1v) is 10.6. The summed E-state index contributed by atoms with van der Waals surface area (Å²) >= 11 is 6.32. The van der Waals surface area contributed by atoms with Gasteiger partial charge in [0.15, 0.2) is 0 Å². The molecule has 0 heterocycles. The Kier molecular flexibility index (Phi) is 5.84. The monoisotopic (exact) mass is 325 g/mol. The summed E-state index contributed by atoms with van der Waals surface area (Å²) in [4.78, 5) is 0. The van der Waals surface area contributed by atoms with E-state index in [2.05, 4.69) is 39.0 Å². The zero-order valence-corrected chi connectivity index (χ0v) is 15.2. The molecule has 116 valence electrons. The predicted octanol–water partition coefficient (Wildman–Crippen LogP) is 4.44. The Bertz CT molecular complexity index is 471. The number of hydrogen-bond donors (Lipinski definition) is 0. The molecule has 1 fully saturated rings. The molecule has 1 saturated carbocycles. The van der Waals surface area contributed by atoms with Gasteiger partial charge in [0.25, 0.3) is 8.32 Å². The van der Waals surface area contributed by atoms with Crippen LogP contribution in [0.25, 0.3) is 0 Å². The third-order valence-electron chi connectivity index (χ3n) is 4.48. The fraction of sp³-hybridized carbons (Fsp3) is 0.800. The van der Waals surface area contributed by atoms with Crippen LogP contribution in [-0.2, 0) is 4.53 Å². The lowest BCUT2D eigenvalue weighted by Gasteiger charge is -2.33. The lowest BCUT2D eigenvalue weighted by atomic mass is 9.95. The van der Waals surface area contributed by atoms with Gasteiger partial charge in [-0.25, -0.2) is 0 Å². The summed E-state index contributed by atoms with van der Waals surface area (Å²) in [6.45, 7) is 10.8. The van der Waals surface area contributed by atoms with Crippen molar-refractivity contribution in [2.75, 3.05) is 0 Å². The standard InChI is InChI=1S/C15H24ClN3OSi/c1-15(2,3)21(4,5)20-19-14-8-11(7-13(14)16)6-12(9-17)10-18/h11-13H,6-8H2,1-5H3/b19-14+. The molecule has 21 heavy (non-hydrogen) atoms. The van der Waals surface area contributed by atoms with E-state index in [1.54, 1.807) is 0 Å². The van der Waals surface area contributed by atoms with Crippen LogP contribution >= 0.6 is 11.6 Å².